The van der Waals surface area contributed by atoms with E-state index in [2.05, 4.69) is 6.92 Å². The Bertz CT molecular complexity index is 448. The highest BCUT2D eigenvalue weighted by Gasteiger charge is 2.60. The molecule has 0 aromatic heterocycles. The molecule has 0 heterocycles. The fourth-order valence-corrected chi connectivity index (χ4v) is 3.11. The van der Waals surface area contributed by atoms with Gasteiger partial charge in [0.15, 0.2) is 4.33 Å². The van der Waals surface area contributed by atoms with Crippen molar-refractivity contribution in [3.63, 3.8) is 0 Å². The van der Waals surface area contributed by atoms with Gasteiger partial charge in [-0.2, -0.15) is 0 Å². The van der Waals surface area contributed by atoms with Crippen molar-refractivity contribution in [1.82, 2.24) is 0 Å². The minimum atomic E-state index is -2.04. The second kappa shape index (κ2) is 7.21. The Balaban J connectivity index is 3.15. The van der Waals surface area contributed by atoms with Gasteiger partial charge in [-0.1, -0.05) is 119 Å². The van der Waals surface area contributed by atoms with Gasteiger partial charge in [-0.3, -0.25) is 0 Å². The van der Waals surface area contributed by atoms with Gasteiger partial charge in [0, 0.05) is 0 Å². The first-order valence-corrected chi connectivity index (χ1v) is 8.60. The molecule has 1 aromatic rings. The predicted octanol–water partition coefficient (Wildman–Crippen LogP) is 7.20. The number of aryl methyl sites for hydroxylation is 1. The maximum Gasteiger partial charge on any atom is 0.226 e. The molecule has 0 atom stereocenters. The summed E-state index contributed by atoms with van der Waals surface area (Å²) >= 11 is 42.1. The van der Waals surface area contributed by atoms with Gasteiger partial charge >= 0.3 is 0 Å². The molecule has 0 radical (unpaired) electrons. The van der Waals surface area contributed by atoms with Crippen LogP contribution in [0.1, 0.15) is 30.9 Å². The van der Waals surface area contributed by atoms with Crippen molar-refractivity contribution < 1.29 is 0 Å². The molecule has 0 bridgehead atoms. The van der Waals surface area contributed by atoms with Crippen molar-refractivity contribution in [1.29, 1.82) is 0 Å². The van der Waals surface area contributed by atoms with Gasteiger partial charge in [0.2, 0.25) is 8.13 Å². The number of hydrogen-bond acceptors (Lipinski definition) is 0. The van der Waals surface area contributed by atoms with Gasteiger partial charge in [0.25, 0.3) is 0 Å². The largest absolute Gasteiger partial charge is 0.226 e. The van der Waals surface area contributed by atoms with E-state index in [0.29, 0.717) is 5.56 Å². The molecular formula is C13H13Cl7. The number of halogens is 7. The number of rotatable bonds is 5. The Morgan fingerprint density at radius 1 is 0.950 bits per heavy atom. The summed E-state index contributed by atoms with van der Waals surface area (Å²) in [6.45, 7) is 2.11. The van der Waals surface area contributed by atoms with Gasteiger partial charge in [-0.15, -0.1) is 0 Å². The monoisotopic (exact) mass is 414 g/mol. The summed E-state index contributed by atoms with van der Waals surface area (Å²) in [6.07, 6.45) is 3.04. The maximum absolute atomic E-state index is 6.29. The van der Waals surface area contributed by atoms with Crippen LogP contribution in [-0.2, 0) is 10.8 Å². The lowest BCUT2D eigenvalue weighted by Crippen LogP contribution is -2.45. The summed E-state index contributed by atoms with van der Waals surface area (Å²) in [5.41, 5.74) is 1.56. The lowest BCUT2D eigenvalue weighted by atomic mass is 10.0. The summed E-state index contributed by atoms with van der Waals surface area (Å²) in [4.78, 5) is 0. The molecule has 0 unspecified atom stereocenters. The average Bonchev–Trinajstić information content (AvgIpc) is 2.35. The standard InChI is InChI=1S/C13H13Cl7/c1-2-3-5-9-6-4-7-10(8-9)11(14,15)12(16,17)13(18,19)20/h4,6-8H,2-3,5H2,1H3. The second-order valence-corrected chi connectivity index (χ2v) is 9.39. The topological polar surface area (TPSA) is 0 Å². The van der Waals surface area contributed by atoms with Crippen molar-refractivity contribution in [3.05, 3.63) is 35.4 Å². The van der Waals surface area contributed by atoms with Crippen LogP contribution in [0.5, 0.6) is 0 Å². The SMILES string of the molecule is CCCCc1cccc(C(Cl)(Cl)C(Cl)(Cl)C(Cl)(Cl)Cl)c1. The number of alkyl halides is 7. The van der Waals surface area contributed by atoms with Gasteiger partial charge in [-0.25, -0.2) is 0 Å². The molecule has 0 aliphatic rings. The molecule has 0 spiro atoms. The summed E-state index contributed by atoms with van der Waals surface area (Å²) < 4.78 is -5.81. The third kappa shape index (κ3) is 4.16. The van der Waals surface area contributed by atoms with Crippen molar-refractivity contribution in [2.24, 2.45) is 0 Å². The zero-order valence-corrected chi connectivity index (χ0v) is 15.9. The molecule has 7 heteroatoms. The van der Waals surface area contributed by atoms with Crippen LogP contribution in [0.25, 0.3) is 0 Å². The van der Waals surface area contributed by atoms with E-state index in [1.807, 2.05) is 18.2 Å². The first-order valence-electron chi connectivity index (χ1n) is 5.95. The normalized spacial score (nSPS) is 13.6. The molecule has 0 fully saturated rings. The van der Waals surface area contributed by atoms with Gasteiger partial charge in [-0.05, 0) is 24.0 Å². The Morgan fingerprint density at radius 3 is 2.05 bits per heavy atom. The fourth-order valence-electron chi connectivity index (χ4n) is 1.66. The van der Waals surface area contributed by atoms with E-state index >= 15 is 0 Å². The van der Waals surface area contributed by atoms with Crippen LogP contribution in [0.2, 0.25) is 0 Å². The summed E-state index contributed by atoms with van der Waals surface area (Å²) in [5.74, 6) is 0. The first kappa shape index (κ1) is 19.3. The van der Waals surface area contributed by atoms with Gasteiger partial charge < -0.3 is 0 Å². The molecule has 0 amide bonds. The highest BCUT2D eigenvalue weighted by molar-refractivity contribution is 6.78. The van der Waals surface area contributed by atoms with Crippen LogP contribution in [-0.4, -0.2) is 8.13 Å². The molecular weight excluding hydrogens is 404 g/mol. The van der Waals surface area contributed by atoms with E-state index in [0.717, 1.165) is 24.8 Å². The lowest BCUT2D eigenvalue weighted by Gasteiger charge is -2.38. The molecule has 0 saturated heterocycles. The number of benzene rings is 1. The molecule has 1 aromatic carbocycles. The number of unbranched alkanes of at least 4 members (excludes halogenated alkanes) is 1. The summed E-state index contributed by atoms with van der Waals surface area (Å²) in [7, 11) is 0. The Labute approximate surface area is 154 Å². The van der Waals surface area contributed by atoms with E-state index in [-0.39, 0.29) is 0 Å². The van der Waals surface area contributed by atoms with Gasteiger partial charge in [0.1, 0.15) is 0 Å². The smallest absolute Gasteiger partial charge is 0.0930 e. The van der Waals surface area contributed by atoms with E-state index in [9.17, 15) is 0 Å². The highest BCUT2D eigenvalue weighted by Crippen LogP contribution is 2.60. The summed E-state index contributed by atoms with van der Waals surface area (Å²) in [5, 5.41) is 0. The van der Waals surface area contributed by atoms with Crippen LogP contribution in [0.4, 0.5) is 0 Å². The van der Waals surface area contributed by atoms with E-state index in [1.54, 1.807) is 6.07 Å². The molecule has 0 N–H and O–H groups in total. The third-order valence-electron chi connectivity index (χ3n) is 2.86. The predicted molar refractivity (Wildman–Crippen MR) is 93.2 cm³/mol. The highest BCUT2D eigenvalue weighted by atomic mass is 35.6. The Morgan fingerprint density at radius 2 is 1.55 bits per heavy atom. The zero-order valence-electron chi connectivity index (χ0n) is 10.6. The number of hydrogen-bond donors (Lipinski definition) is 0. The molecule has 0 aliphatic heterocycles. The Hall–Kier alpha value is 1.25. The first-order chi connectivity index (χ1) is 9.04. The zero-order chi connectivity index (χ0) is 15.6. The van der Waals surface area contributed by atoms with Crippen molar-refractivity contribution in [2.45, 2.75) is 38.6 Å². The van der Waals surface area contributed by atoms with Crippen molar-refractivity contribution in [2.75, 3.05) is 0 Å². The van der Waals surface area contributed by atoms with Crippen LogP contribution < -0.4 is 0 Å². The molecule has 0 aliphatic carbocycles. The minimum Gasteiger partial charge on any atom is -0.0930 e. The minimum absolute atomic E-state index is 0.491. The van der Waals surface area contributed by atoms with Gasteiger partial charge in [0.05, 0.1) is 0 Å². The third-order valence-corrected chi connectivity index (χ3v) is 6.81. The molecule has 1 rings (SSSR count). The van der Waals surface area contributed by atoms with E-state index in [1.165, 1.54) is 0 Å². The van der Waals surface area contributed by atoms with Crippen LogP contribution in [0.15, 0.2) is 24.3 Å². The summed E-state index contributed by atoms with van der Waals surface area (Å²) in [6, 6.07) is 7.32. The van der Waals surface area contributed by atoms with Crippen LogP contribution in [0.3, 0.4) is 0 Å². The molecule has 20 heavy (non-hydrogen) atoms. The fraction of sp³-hybridized carbons (Fsp3) is 0.538. The van der Waals surface area contributed by atoms with Crippen LogP contribution in [0, 0.1) is 0 Å². The second-order valence-electron chi connectivity index (χ2n) is 4.45. The maximum atomic E-state index is 6.29. The molecule has 114 valence electrons. The Kier molecular flexibility index (Phi) is 6.96. The van der Waals surface area contributed by atoms with Crippen molar-refractivity contribution in [3.8, 4) is 0 Å². The lowest BCUT2D eigenvalue weighted by molar-refractivity contribution is 0.696. The quantitative estimate of drug-likeness (QED) is 0.444. The van der Waals surface area contributed by atoms with E-state index < -0.39 is 12.5 Å². The average molecular weight is 417 g/mol. The molecule has 0 nitrogen and oxygen atoms in total. The van der Waals surface area contributed by atoms with Crippen molar-refractivity contribution >= 4 is 81.2 Å². The van der Waals surface area contributed by atoms with Crippen LogP contribution >= 0.6 is 81.2 Å². The molecule has 0 saturated carbocycles. The van der Waals surface area contributed by atoms with E-state index in [4.69, 9.17) is 81.2 Å².